The Labute approximate surface area is 306 Å². The number of allylic oxidation sites excluding steroid dienone is 1. The number of hydrogen-bond donors (Lipinski definition) is 0. The van der Waals surface area contributed by atoms with Gasteiger partial charge in [0.15, 0.2) is 5.78 Å². The number of ketones is 1. The summed E-state index contributed by atoms with van der Waals surface area (Å²) in [5.74, 6) is -0.231. The Morgan fingerprint density at radius 1 is 0.673 bits per heavy atom. The van der Waals surface area contributed by atoms with E-state index in [0.717, 1.165) is 80.6 Å². The molecule has 3 aromatic rings. The second-order valence-corrected chi connectivity index (χ2v) is 12.5. The molecule has 0 unspecified atom stereocenters. The molecule has 1 aliphatic rings. The van der Waals surface area contributed by atoms with E-state index < -0.39 is 17.9 Å². The maximum Gasteiger partial charge on any atom is 0.334 e. The third-order valence-electron chi connectivity index (χ3n) is 8.46. The molecule has 1 aliphatic carbocycles. The van der Waals surface area contributed by atoms with Crippen LogP contribution in [0, 0.1) is 0 Å². The fourth-order valence-corrected chi connectivity index (χ4v) is 5.55. The Kier molecular flexibility index (Phi) is 16.4. The minimum atomic E-state index is -0.635. The monoisotopic (exact) mass is 708 g/mol. The molecule has 0 bridgehead atoms. The van der Waals surface area contributed by atoms with Gasteiger partial charge in [0.25, 0.3) is 0 Å². The van der Waals surface area contributed by atoms with E-state index in [4.69, 9.17) is 23.7 Å². The number of hydrogen-bond acceptors (Lipinski definition) is 9. The average molecular weight is 709 g/mol. The maximum absolute atomic E-state index is 12.7. The summed E-state index contributed by atoms with van der Waals surface area (Å²) in [6.07, 6.45) is 12.9. The fraction of sp³-hybridized carbons (Fsp3) is 0.349. The Morgan fingerprint density at radius 2 is 1.27 bits per heavy atom. The molecule has 0 amide bonds. The second kappa shape index (κ2) is 21.7. The average Bonchev–Trinajstić information content (AvgIpc) is 3.17. The van der Waals surface area contributed by atoms with Crippen molar-refractivity contribution in [3.8, 4) is 22.6 Å². The highest BCUT2D eigenvalue weighted by molar-refractivity contribution is 6.06. The van der Waals surface area contributed by atoms with Gasteiger partial charge in [0.2, 0.25) is 0 Å². The molecule has 0 saturated heterocycles. The van der Waals surface area contributed by atoms with Crippen molar-refractivity contribution < 1.29 is 42.9 Å². The summed E-state index contributed by atoms with van der Waals surface area (Å²) in [6.45, 7) is 8.20. The van der Waals surface area contributed by atoms with E-state index in [0.29, 0.717) is 30.3 Å². The van der Waals surface area contributed by atoms with Gasteiger partial charge in [-0.15, -0.1) is 0 Å². The van der Waals surface area contributed by atoms with Gasteiger partial charge in [-0.25, -0.2) is 9.59 Å². The minimum Gasteiger partial charge on any atom is -0.494 e. The summed E-state index contributed by atoms with van der Waals surface area (Å²) >= 11 is 0. The van der Waals surface area contributed by atoms with Crippen LogP contribution in [0.4, 0.5) is 0 Å². The Morgan fingerprint density at radius 3 is 1.92 bits per heavy atom. The zero-order valence-corrected chi connectivity index (χ0v) is 29.7. The van der Waals surface area contributed by atoms with Crippen LogP contribution in [-0.4, -0.2) is 56.2 Å². The van der Waals surface area contributed by atoms with Gasteiger partial charge in [-0.2, -0.15) is 0 Å². The summed E-state index contributed by atoms with van der Waals surface area (Å²) in [5, 5.41) is 0. The van der Waals surface area contributed by atoms with Crippen molar-refractivity contribution in [1.82, 2.24) is 0 Å². The van der Waals surface area contributed by atoms with Crippen molar-refractivity contribution in [3.05, 3.63) is 115 Å². The largest absolute Gasteiger partial charge is 0.494 e. The lowest BCUT2D eigenvalue weighted by Crippen LogP contribution is -2.22. The SMILES string of the molecule is C=CC(=O)OCCCCCCOc1ccc(C(=O)/C=C/c2ccc(-c3ccc(OCCOC(=O)C(=C)CC(=O)OC4CCCCC4)cc3)cc2)cc1. The molecule has 3 aromatic carbocycles. The number of carbonyl (C=O) groups is 4. The Balaban J connectivity index is 1.11. The van der Waals surface area contributed by atoms with Crippen molar-refractivity contribution in [2.75, 3.05) is 26.4 Å². The molecule has 0 heterocycles. The Hall–Kier alpha value is -5.44. The van der Waals surface area contributed by atoms with Crippen molar-refractivity contribution in [2.45, 2.75) is 70.3 Å². The lowest BCUT2D eigenvalue weighted by molar-refractivity contribution is -0.151. The van der Waals surface area contributed by atoms with Crippen molar-refractivity contribution in [1.29, 1.82) is 0 Å². The Bertz CT molecular complexity index is 1650. The zero-order valence-electron chi connectivity index (χ0n) is 29.7. The molecule has 9 heteroatoms. The molecule has 0 radical (unpaired) electrons. The number of ether oxygens (including phenoxy) is 5. The summed E-state index contributed by atoms with van der Waals surface area (Å²) in [4.78, 5) is 48.1. The van der Waals surface area contributed by atoms with Gasteiger partial charge in [0.05, 0.1) is 19.6 Å². The lowest BCUT2D eigenvalue weighted by Gasteiger charge is -2.21. The van der Waals surface area contributed by atoms with E-state index in [1.165, 1.54) is 0 Å². The smallest absolute Gasteiger partial charge is 0.334 e. The van der Waals surface area contributed by atoms with Gasteiger partial charge in [0.1, 0.15) is 30.8 Å². The van der Waals surface area contributed by atoms with Gasteiger partial charge in [-0.05, 0) is 111 Å². The first-order chi connectivity index (χ1) is 25.3. The highest BCUT2D eigenvalue weighted by atomic mass is 16.6. The molecule has 1 saturated carbocycles. The first kappa shape index (κ1) is 39.3. The molecule has 274 valence electrons. The highest BCUT2D eigenvalue weighted by Gasteiger charge is 2.20. The van der Waals surface area contributed by atoms with Crippen LogP contribution in [0.25, 0.3) is 17.2 Å². The van der Waals surface area contributed by atoms with E-state index in [9.17, 15) is 19.2 Å². The molecule has 0 aliphatic heterocycles. The number of benzene rings is 3. The quantitative estimate of drug-likeness (QED) is 0.0353. The predicted octanol–water partition coefficient (Wildman–Crippen LogP) is 8.66. The van der Waals surface area contributed by atoms with Gasteiger partial charge in [0, 0.05) is 17.2 Å². The molecule has 52 heavy (non-hydrogen) atoms. The van der Waals surface area contributed by atoms with Gasteiger partial charge in [-0.1, -0.05) is 62.1 Å². The maximum atomic E-state index is 12.7. The van der Waals surface area contributed by atoms with Crippen LogP contribution >= 0.6 is 0 Å². The van der Waals surface area contributed by atoms with Crippen molar-refractivity contribution in [2.24, 2.45) is 0 Å². The normalized spacial score (nSPS) is 12.8. The lowest BCUT2D eigenvalue weighted by atomic mass is 9.98. The van der Waals surface area contributed by atoms with E-state index >= 15 is 0 Å². The standard InChI is InChI=1S/C43H48O9/c1-3-41(45)50-28-10-5-4-9-27-48-37-24-20-36(21-25-37)40(44)26-15-33-13-16-34(17-14-33)35-18-22-38(23-19-35)49-29-30-51-43(47)32(2)31-42(46)52-39-11-7-6-8-12-39/h3,13-26,39H,1-2,4-12,27-31H2/b26-15+. The van der Waals surface area contributed by atoms with E-state index in [1.54, 1.807) is 36.4 Å². The number of carbonyl (C=O) groups excluding carboxylic acids is 4. The number of rotatable bonds is 21. The molecule has 0 aromatic heterocycles. The van der Waals surface area contributed by atoms with Gasteiger partial charge in [-0.3, -0.25) is 9.59 Å². The molecule has 0 atom stereocenters. The van der Waals surface area contributed by atoms with E-state index in [-0.39, 0.29) is 37.1 Å². The molecule has 1 fully saturated rings. The summed E-state index contributed by atoms with van der Waals surface area (Å²) in [6, 6.07) is 22.6. The van der Waals surface area contributed by atoms with Crippen LogP contribution in [0.1, 0.15) is 80.1 Å². The van der Waals surface area contributed by atoms with E-state index in [2.05, 4.69) is 13.2 Å². The molecular weight excluding hydrogens is 660 g/mol. The van der Waals surface area contributed by atoms with Gasteiger partial charge >= 0.3 is 17.9 Å². The molecular formula is C43H48O9. The molecule has 0 spiro atoms. The van der Waals surface area contributed by atoms with Crippen LogP contribution in [-0.2, 0) is 28.6 Å². The highest BCUT2D eigenvalue weighted by Crippen LogP contribution is 2.24. The topological polar surface area (TPSA) is 114 Å². The van der Waals surface area contributed by atoms with Crippen LogP contribution in [0.2, 0.25) is 0 Å². The minimum absolute atomic E-state index is 0.0236. The number of esters is 3. The molecule has 4 rings (SSSR count). The van der Waals surface area contributed by atoms with Crippen molar-refractivity contribution >= 4 is 29.8 Å². The van der Waals surface area contributed by atoms with Crippen LogP contribution < -0.4 is 9.47 Å². The summed E-state index contributed by atoms with van der Waals surface area (Å²) in [7, 11) is 0. The third-order valence-corrected chi connectivity index (χ3v) is 8.46. The van der Waals surface area contributed by atoms with Crippen LogP contribution in [0.3, 0.4) is 0 Å². The van der Waals surface area contributed by atoms with Gasteiger partial charge < -0.3 is 23.7 Å². The summed E-state index contributed by atoms with van der Waals surface area (Å²) in [5.41, 5.74) is 3.54. The van der Waals surface area contributed by atoms with Crippen LogP contribution in [0.15, 0.2) is 104 Å². The molecule has 0 N–H and O–H groups in total. The molecule has 9 nitrogen and oxygen atoms in total. The first-order valence-corrected chi connectivity index (χ1v) is 17.9. The fourth-order valence-electron chi connectivity index (χ4n) is 5.55. The third kappa shape index (κ3) is 14.1. The predicted molar refractivity (Wildman–Crippen MR) is 200 cm³/mol. The first-order valence-electron chi connectivity index (χ1n) is 17.9. The van der Waals surface area contributed by atoms with Crippen molar-refractivity contribution in [3.63, 3.8) is 0 Å². The second-order valence-electron chi connectivity index (χ2n) is 12.5. The van der Waals surface area contributed by atoms with E-state index in [1.807, 2.05) is 48.5 Å². The van der Waals surface area contributed by atoms with Crippen LogP contribution in [0.5, 0.6) is 11.5 Å². The zero-order chi connectivity index (χ0) is 37.0. The number of unbranched alkanes of at least 4 members (excludes halogenated alkanes) is 3. The summed E-state index contributed by atoms with van der Waals surface area (Å²) < 4.78 is 27.1.